The van der Waals surface area contributed by atoms with Crippen LogP contribution < -0.4 is 5.32 Å². The van der Waals surface area contributed by atoms with Gasteiger partial charge in [-0.25, -0.2) is 0 Å². The van der Waals surface area contributed by atoms with Gasteiger partial charge in [-0.15, -0.1) is 0 Å². The van der Waals surface area contributed by atoms with Crippen LogP contribution >= 0.6 is 0 Å². The number of hydrogen-bond acceptors (Lipinski definition) is 4. The maximum atomic E-state index is 6.18. The fourth-order valence-electron chi connectivity index (χ4n) is 3.14. The molecular formula is C16H24N2O2. The zero-order chi connectivity index (χ0) is 14.0. The number of nitrogens with one attached hydrogen (secondary N) is 1. The molecule has 0 spiro atoms. The van der Waals surface area contributed by atoms with Crippen LogP contribution in [0.15, 0.2) is 30.3 Å². The molecule has 0 amide bonds. The van der Waals surface area contributed by atoms with Crippen LogP contribution in [0, 0.1) is 0 Å². The summed E-state index contributed by atoms with van der Waals surface area (Å²) < 4.78 is 12.1. The van der Waals surface area contributed by atoms with E-state index in [4.69, 9.17) is 9.47 Å². The van der Waals surface area contributed by atoms with Gasteiger partial charge in [0.15, 0.2) is 5.79 Å². The SMILES string of the molecule is CNC1CCN(CC2COC(C)(c3ccccc3)O2)C1. The Morgan fingerprint density at radius 2 is 2.15 bits per heavy atom. The van der Waals surface area contributed by atoms with Crippen molar-refractivity contribution in [3.8, 4) is 0 Å². The minimum Gasteiger partial charge on any atom is -0.343 e. The van der Waals surface area contributed by atoms with E-state index in [0.717, 1.165) is 25.2 Å². The average molecular weight is 276 g/mol. The Hall–Kier alpha value is -0.940. The summed E-state index contributed by atoms with van der Waals surface area (Å²) in [7, 11) is 2.04. The summed E-state index contributed by atoms with van der Waals surface area (Å²) in [5.41, 5.74) is 1.09. The second-order valence-electron chi connectivity index (χ2n) is 5.90. The Morgan fingerprint density at radius 1 is 1.35 bits per heavy atom. The van der Waals surface area contributed by atoms with E-state index in [-0.39, 0.29) is 6.10 Å². The van der Waals surface area contributed by atoms with Crippen LogP contribution in [0.2, 0.25) is 0 Å². The van der Waals surface area contributed by atoms with Gasteiger partial charge in [0.2, 0.25) is 0 Å². The van der Waals surface area contributed by atoms with E-state index in [1.807, 2.05) is 32.2 Å². The molecule has 4 heteroatoms. The molecule has 1 aromatic carbocycles. The van der Waals surface area contributed by atoms with Crippen LogP contribution in [-0.2, 0) is 15.3 Å². The smallest absolute Gasteiger partial charge is 0.192 e. The Labute approximate surface area is 121 Å². The fourth-order valence-corrected chi connectivity index (χ4v) is 3.14. The summed E-state index contributed by atoms with van der Waals surface area (Å²) in [6, 6.07) is 10.8. The predicted octanol–water partition coefficient (Wildman–Crippen LogP) is 1.57. The van der Waals surface area contributed by atoms with Gasteiger partial charge in [0, 0.05) is 24.7 Å². The van der Waals surface area contributed by atoms with E-state index in [0.29, 0.717) is 12.6 Å². The van der Waals surface area contributed by atoms with Crippen molar-refractivity contribution >= 4 is 0 Å². The van der Waals surface area contributed by atoms with Gasteiger partial charge in [0.05, 0.1) is 12.7 Å². The standard InChI is InChI=1S/C16H24N2O2/c1-16(13-6-4-3-5-7-13)19-12-15(20-16)11-18-9-8-14(10-18)17-2/h3-7,14-15,17H,8-12H2,1-2H3. The molecule has 2 heterocycles. The zero-order valence-electron chi connectivity index (χ0n) is 12.3. The number of rotatable bonds is 4. The van der Waals surface area contributed by atoms with Gasteiger partial charge in [0.25, 0.3) is 0 Å². The highest BCUT2D eigenvalue weighted by Gasteiger charge is 2.39. The number of nitrogens with zero attached hydrogens (tertiary/aromatic N) is 1. The molecule has 0 bridgehead atoms. The van der Waals surface area contributed by atoms with E-state index in [2.05, 4.69) is 22.3 Å². The summed E-state index contributed by atoms with van der Waals surface area (Å²) in [5, 5.41) is 3.35. The Kier molecular flexibility index (Phi) is 4.08. The van der Waals surface area contributed by atoms with Crippen LogP contribution in [0.5, 0.6) is 0 Å². The maximum absolute atomic E-state index is 6.18. The maximum Gasteiger partial charge on any atom is 0.192 e. The van der Waals surface area contributed by atoms with E-state index in [1.165, 1.54) is 6.42 Å². The van der Waals surface area contributed by atoms with Gasteiger partial charge in [-0.2, -0.15) is 0 Å². The lowest BCUT2D eigenvalue weighted by atomic mass is 10.1. The van der Waals surface area contributed by atoms with Crippen LogP contribution in [0.25, 0.3) is 0 Å². The molecule has 0 aromatic heterocycles. The summed E-state index contributed by atoms with van der Waals surface area (Å²) in [5.74, 6) is -0.589. The molecule has 110 valence electrons. The van der Waals surface area contributed by atoms with Crippen LogP contribution in [-0.4, -0.2) is 50.3 Å². The van der Waals surface area contributed by atoms with Gasteiger partial charge in [-0.05, 0) is 26.9 Å². The van der Waals surface area contributed by atoms with E-state index in [1.54, 1.807) is 0 Å². The van der Waals surface area contributed by atoms with Gasteiger partial charge in [-0.3, -0.25) is 4.90 Å². The lowest BCUT2D eigenvalue weighted by Gasteiger charge is -2.25. The Bertz CT molecular complexity index is 439. The molecule has 2 aliphatic rings. The Balaban J connectivity index is 1.57. The van der Waals surface area contributed by atoms with Crippen molar-refractivity contribution in [1.82, 2.24) is 10.2 Å². The molecule has 4 nitrogen and oxygen atoms in total. The topological polar surface area (TPSA) is 33.7 Å². The largest absolute Gasteiger partial charge is 0.343 e. The van der Waals surface area contributed by atoms with Crippen molar-refractivity contribution in [3.05, 3.63) is 35.9 Å². The van der Waals surface area contributed by atoms with E-state index >= 15 is 0 Å². The molecule has 3 atom stereocenters. The molecule has 2 fully saturated rings. The first-order valence-electron chi connectivity index (χ1n) is 7.46. The van der Waals surface area contributed by atoms with Crippen molar-refractivity contribution in [3.63, 3.8) is 0 Å². The van der Waals surface area contributed by atoms with E-state index in [9.17, 15) is 0 Å². The summed E-state index contributed by atoms with van der Waals surface area (Å²) in [4.78, 5) is 2.46. The first-order valence-corrected chi connectivity index (χ1v) is 7.46. The van der Waals surface area contributed by atoms with Crippen molar-refractivity contribution < 1.29 is 9.47 Å². The molecule has 3 unspecified atom stereocenters. The third-order valence-corrected chi connectivity index (χ3v) is 4.38. The Morgan fingerprint density at radius 3 is 2.85 bits per heavy atom. The molecule has 1 N–H and O–H groups in total. The van der Waals surface area contributed by atoms with Crippen LogP contribution in [0.4, 0.5) is 0 Å². The van der Waals surface area contributed by atoms with Crippen molar-refractivity contribution in [2.45, 2.75) is 31.3 Å². The predicted molar refractivity (Wildman–Crippen MR) is 78.5 cm³/mol. The molecule has 2 aliphatic heterocycles. The van der Waals surface area contributed by atoms with E-state index < -0.39 is 5.79 Å². The summed E-state index contributed by atoms with van der Waals surface area (Å²) in [6.45, 7) is 5.90. The van der Waals surface area contributed by atoms with Crippen LogP contribution in [0.3, 0.4) is 0 Å². The van der Waals surface area contributed by atoms with Gasteiger partial charge in [-0.1, -0.05) is 30.3 Å². The highest BCUT2D eigenvalue weighted by atomic mass is 16.7. The summed E-state index contributed by atoms with van der Waals surface area (Å²) in [6.07, 6.45) is 1.39. The lowest BCUT2D eigenvalue weighted by molar-refractivity contribution is -0.163. The number of likely N-dealkylation sites (N-methyl/N-ethyl adjacent to an activating group) is 1. The normalized spacial score (nSPS) is 34.7. The number of ether oxygens (including phenoxy) is 2. The molecule has 20 heavy (non-hydrogen) atoms. The highest BCUT2D eigenvalue weighted by Crippen LogP contribution is 2.34. The number of hydrogen-bond donors (Lipinski definition) is 1. The third-order valence-electron chi connectivity index (χ3n) is 4.38. The van der Waals surface area contributed by atoms with Crippen molar-refractivity contribution in [2.24, 2.45) is 0 Å². The van der Waals surface area contributed by atoms with Gasteiger partial charge in [0.1, 0.15) is 0 Å². The highest BCUT2D eigenvalue weighted by molar-refractivity contribution is 5.20. The first-order chi connectivity index (χ1) is 9.69. The van der Waals surface area contributed by atoms with Crippen molar-refractivity contribution in [1.29, 1.82) is 0 Å². The minimum atomic E-state index is -0.589. The second kappa shape index (κ2) is 5.82. The molecule has 2 saturated heterocycles. The van der Waals surface area contributed by atoms with Gasteiger partial charge < -0.3 is 14.8 Å². The monoisotopic (exact) mass is 276 g/mol. The molecule has 3 rings (SSSR count). The number of likely N-dealkylation sites (tertiary alicyclic amines) is 1. The third kappa shape index (κ3) is 2.88. The summed E-state index contributed by atoms with van der Waals surface area (Å²) >= 11 is 0. The second-order valence-corrected chi connectivity index (χ2v) is 5.90. The molecular weight excluding hydrogens is 252 g/mol. The van der Waals surface area contributed by atoms with Gasteiger partial charge >= 0.3 is 0 Å². The fraction of sp³-hybridized carbons (Fsp3) is 0.625. The average Bonchev–Trinajstić information content (AvgIpc) is 3.08. The number of benzene rings is 1. The first kappa shape index (κ1) is 14.0. The minimum absolute atomic E-state index is 0.163. The molecule has 0 aliphatic carbocycles. The zero-order valence-corrected chi connectivity index (χ0v) is 12.3. The molecule has 0 radical (unpaired) electrons. The quantitative estimate of drug-likeness (QED) is 0.905. The van der Waals surface area contributed by atoms with Crippen LogP contribution in [0.1, 0.15) is 18.9 Å². The van der Waals surface area contributed by atoms with Crippen molar-refractivity contribution in [2.75, 3.05) is 33.3 Å². The molecule has 0 saturated carbocycles. The lowest BCUT2D eigenvalue weighted by Crippen LogP contribution is -2.36. The molecule has 1 aromatic rings.